The Morgan fingerprint density at radius 1 is 1.04 bits per heavy atom. The van der Waals surface area contributed by atoms with Crippen molar-refractivity contribution < 1.29 is 9.18 Å². The monoisotopic (exact) mass is 327 g/mol. The summed E-state index contributed by atoms with van der Waals surface area (Å²) >= 11 is 0. The predicted octanol–water partition coefficient (Wildman–Crippen LogP) is 3.48. The van der Waals surface area contributed by atoms with Crippen LogP contribution in [0.2, 0.25) is 0 Å². The van der Waals surface area contributed by atoms with Crippen LogP contribution >= 0.6 is 0 Å². The maximum absolute atomic E-state index is 12.9. The fraction of sp³-hybridized carbons (Fsp3) is 0.316. The molecule has 0 bridgehead atoms. The first-order valence-electron chi connectivity index (χ1n) is 8.20. The Labute approximate surface area is 141 Å². The molecule has 0 spiro atoms. The van der Waals surface area contributed by atoms with Gasteiger partial charge < -0.3 is 10.2 Å². The first-order chi connectivity index (χ1) is 11.6. The van der Waals surface area contributed by atoms with Gasteiger partial charge in [-0.1, -0.05) is 24.3 Å². The first kappa shape index (κ1) is 16.5. The molecule has 0 unspecified atom stereocenters. The molecule has 126 valence electrons. The molecule has 1 heterocycles. The first-order valence-corrected chi connectivity index (χ1v) is 8.20. The number of nitrogens with zero attached hydrogens (tertiary/aromatic N) is 2. The van der Waals surface area contributed by atoms with Gasteiger partial charge in [-0.2, -0.15) is 0 Å². The number of rotatable bonds is 3. The number of benzene rings is 2. The third-order valence-corrected chi connectivity index (χ3v) is 4.41. The number of hydrogen-bond donors (Lipinski definition) is 1. The number of carbonyl (C=O) groups is 1. The molecule has 5 heteroatoms. The van der Waals surface area contributed by atoms with Gasteiger partial charge >= 0.3 is 6.03 Å². The van der Waals surface area contributed by atoms with Gasteiger partial charge in [0.2, 0.25) is 0 Å². The molecule has 24 heavy (non-hydrogen) atoms. The fourth-order valence-electron chi connectivity index (χ4n) is 2.87. The van der Waals surface area contributed by atoms with Crippen molar-refractivity contribution in [3.8, 4) is 0 Å². The standard InChI is InChI=1S/C19H22FN3O/c1-15-4-2-3-5-16(15)14-22-10-12-23(13-11-22)19(24)21-18-8-6-17(20)7-9-18/h2-9H,10-14H2,1H3,(H,21,24). The molecule has 3 rings (SSSR count). The highest BCUT2D eigenvalue weighted by atomic mass is 19.1. The topological polar surface area (TPSA) is 35.6 Å². The molecular formula is C19H22FN3O. The van der Waals surface area contributed by atoms with Crippen LogP contribution in [0.1, 0.15) is 11.1 Å². The second kappa shape index (κ2) is 7.45. The molecule has 4 nitrogen and oxygen atoms in total. The highest BCUT2D eigenvalue weighted by molar-refractivity contribution is 5.89. The van der Waals surface area contributed by atoms with Crippen LogP contribution in [0.5, 0.6) is 0 Å². The minimum Gasteiger partial charge on any atom is -0.322 e. The van der Waals surface area contributed by atoms with Crippen molar-refractivity contribution in [1.82, 2.24) is 9.80 Å². The lowest BCUT2D eigenvalue weighted by atomic mass is 10.1. The van der Waals surface area contributed by atoms with E-state index in [2.05, 4.69) is 41.4 Å². The van der Waals surface area contributed by atoms with E-state index in [0.717, 1.165) is 19.6 Å². The highest BCUT2D eigenvalue weighted by Crippen LogP contribution is 2.14. The van der Waals surface area contributed by atoms with E-state index in [0.29, 0.717) is 18.8 Å². The van der Waals surface area contributed by atoms with Gasteiger partial charge in [0, 0.05) is 38.4 Å². The van der Waals surface area contributed by atoms with Gasteiger partial charge in [0.25, 0.3) is 0 Å². The van der Waals surface area contributed by atoms with Crippen LogP contribution in [0.25, 0.3) is 0 Å². The predicted molar refractivity (Wildman–Crippen MR) is 93.4 cm³/mol. The summed E-state index contributed by atoms with van der Waals surface area (Å²) in [6, 6.07) is 14.1. The van der Waals surface area contributed by atoms with Gasteiger partial charge in [-0.25, -0.2) is 9.18 Å². The Bertz CT molecular complexity index is 694. The lowest BCUT2D eigenvalue weighted by Crippen LogP contribution is -2.49. The maximum atomic E-state index is 12.9. The van der Waals surface area contributed by atoms with Crippen LogP contribution < -0.4 is 5.32 Å². The third-order valence-electron chi connectivity index (χ3n) is 4.41. The molecule has 0 saturated carbocycles. The lowest BCUT2D eigenvalue weighted by Gasteiger charge is -2.35. The van der Waals surface area contributed by atoms with Crippen LogP contribution in [0.15, 0.2) is 48.5 Å². The van der Waals surface area contributed by atoms with E-state index < -0.39 is 0 Å². The van der Waals surface area contributed by atoms with Gasteiger partial charge in [0.05, 0.1) is 0 Å². The molecule has 0 radical (unpaired) electrons. The third kappa shape index (κ3) is 4.11. The van der Waals surface area contributed by atoms with Crippen molar-refractivity contribution in [2.75, 3.05) is 31.5 Å². The van der Waals surface area contributed by atoms with E-state index in [-0.39, 0.29) is 11.8 Å². The number of urea groups is 1. The molecule has 1 aliphatic heterocycles. The van der Waals surface area contributed by atoms with Gasteiger partial charge in [-0.15, -0.1) is 0 Å². The second-order valence-corrected chi connectivity index (χ2v) is 6.13. The second-order valence-electron chi connectivity index (χ2n) is 6.13. The van der Waals surface area contributed by atoms with Gasteiger partial charge in [0.15, 0.2) is 0 Å². The van der Waals surface area contributed by atoms with Crippen molar-refractivity contribution in [3.05, 3.63) is 65.5 Å². The summed E-state index contributed by atoms with van der Waals surface area (Å²) in [5.41, 5.74) is 3.25. The summed E-state index contributed by atoms with van der Waals surface area (Å²) in [5, 5.41) is 2.81. The van der Waals surface area contributed by atoms with Gasteiger partial charge in [-0.05, 0) is 42.3 Å². The van der Waals surface area contributed by atoms with Crippen molar-refractivity contribution >= 4 is 11.7 Å². The largest absolute Gasteiger partial charge is 0.322 e. The summed E-state index contributed by atoms with van der Waals surface area (Å²) < 4.78 is 12.9. The van der Waals surface area contributed by atoms with Gasteiger partial charge in [0.1, 0.15) is 5.82 Å². The van der Waals surface area contributed by atoms with Crippen LogP contribution in [-0.4, -0.2) is 42.0 Å². The Morgan fingerprint density at radius 3 is 2.38 bits per heavy atom. The molecule has 1 aliphatic rings. The molecule has 1 N–H and O–H groups in total. The summed E-state index contributed by atoms with van der Waals surface area (Å²) in [4.78, 5) is 16.4. The van der Waals surface area contributed by atoms with Crippen molar-refractivity contribution in [2.24, 2.45) is 0 Å². The quantitative estimate of drug-likeness (QED) is 0.937. The van der Waals surface area contributed by atoms with Crippen molar-refractivity contribution in [3.63, 3.8) is 0 Å². The number of aryl methyl sites for hydroxylation is 1. The molecular weight excluding hydrogens is 305 g/mol. The minimum absolute atomic E-state index is 0.128. The highest BCUT2D eigenvalue weighted by Gasteiger charge is 2.21. The Balaban J connectivity index is 1.50. The molecule has 0 atom stereocenters. The summed E-state index contributed by atoms with van der Waals surface area (Å²) in [6.07, 6.45) is 0. The minimum atomic E-state index is -0.308. The average molecular weight is 327 g/mol. The van der Waals surface area contributed by atoms with Gasteiger partial charge in [-0.3, -0.25) is 4.90 Å². The Kier molecular flexibility index (Phi) is 5.11. The zero-order chi connectivity index (χ0) is 16.9. The molecule has 1 saturated heterocycles. The SMILES string of the molecule is Cc1ccccc1CN1CCN(C(=O)Nc2ccc(F)cc2)CC1. The zero-order valence-electron chi connectivity index (χ0n) is 13.8. The van der Waals surface area contributed by atoms with E-state index in [1.807, 2.05) is 0 Å². The molecule has 1 fully saturated rings. The molecule has 0 aliphatic carbocycles. The van der Waals surface area contributed by atoms with E-state index in [9.17, 15) is 9.18 Å². The van der Waals surface area contributed by atoms with Crippen molar-refractivity contribution in [1.29, 1.82) is 0 Å². The number of nitrogens with one attached hydrogen (secondary N) is 1. The van der Waals surface area contributed by atoms with Crippen molar-refractivity contribution in [2.45, 2.75) is 13.5 Å². The summed E-state index contributed by atoms with van der Waals surface area (Å²) in [6.45, 7) is 6.13. The summed E-state index contributed by atoms with van der Waals surface area (Å²) in [7, 11) is 0. The lowest BCUT2D eigenvalue weighted by molar-refractivity contribution is 0.143. The van der Waals surface area contributed by atoms with E-state index in [1.54, 1.807) is 17.0 Å². The van der Waals surface area contributed by atoms with E-state index in [1.165, 1.54) is 23.3 Å². The number of carbonyl (C=O) groups excluding carboxylic acids is 1. The van der Waals surface area contributed by atoms with Crippen LogP contribution in [-0.2, 0) is 6.54 Å². The smallest absolute Gasteiger partial charge is 0.321 e. The van der Waals surface area contributed by atoms with Crippen LogP contribution in [0, 0.1) is 12.7 Å². The Hall–Kier alpha value is -2.40. The number of hydrogen-bond acceptors (Lipinski definition) is 2. The number of amides is 2. The van der Waals surface area contributed by atoms with E-state index >= 15 is 0 Å². The molecule has 2 amide bonds. The molecule has 2 aromatic carbocycles. The normalized spacial score (nSPS) is 15.3. The van der Waals surface area contributed by atoms with Crippen LogP contribution in [0.4, 0.5) is 14.9 Å². The zero-order valence-corrected chi connectivity index (χ0v) is 13.8. The number of anilines is 1. The average Bonchev–Trinajstić information content (AvgIpc) is 2.59. The molecule has 0 aromatic heterocycles. The molecule has 2 aromatic rings. The van der Waals surface area contributed by atoms with E-state index in [4.69, 9.17) is 0 Å². The maximum Gasteiger partial charge on any atom is 0.321 e. The number of halogens is 1. The summed E-state index contributed by atoms with van der Waals surface area (Å²) in [5.74, 6) is -0.308. The fourth-order valence-corrected chi connectivity index (χ4v) is 2.87. The van der Waals surface area contributed by atoms with Crippen LogP contribution in [0.3, 0.4) is 0 Å². The number of piperazine rings is 1. The Morgan fingerprint density at radius 2 is 1.71 bits per heavy atom.